The molecule has 0 saturated carbocycles. The molecule has 1 atom stereocenters. The van der Waals surface area contributed by atoms with E-state index >= 15 is 0 Å². The molecule has 1 aromatic carbocycles. The zero-order chi connectivity index (χ0) is 17.1. The van der Waals surface area contributed by atoms with Gasteiger partial charge in [0.2, 0.25) is 0 Å². The van der Waals surface area contributed by atoms with Gasteiger partial charge in [0.25, 0.3) is 0 Å². The van der Waals surface area contributed by atoms with E-state index < -0.39 is 0 Å². The minimum Gasteiger partial charge on any atom is -0.320 e. The van der Waals surface area contributed by atoms with Gasteiger partial charge in [0, 0.05) is 29.5 Å². The molecule has 25 heavy (non-hydrogen) atoms. The number of thiazole rings is 1. The Hall–Kier alpha value is -2.79. The Bertz CT molecular complexity index is 931. The summed E-state index contributed by atoms with van der Waals surface area (Å²) >= 11 is 1.64. The minimum absolute atomic E-state index is 0.178. The maximum Gasteiger partial charge on any atom is 0.142 e. The fourth-order valence-electron chi connectivity index (χ4n) is 3.12. The lowest BCUT2D eigenvalue weighted by molar-refractivity contribution is 0.569. The van der Waals surface area contributed by atoms with Crippen molar-refractivity contribution in [1.29, 1.82) is 0 Å². The molecule has 0 radical (unpaired) electrons. The normalized spacial score (nSPS) is 12.2. The summed E-state index contributed by atoms with van der Waals surface area (Å²) in [5.74, 6) is 0. The molecular formula is C20H18N4S. The van der Waals surface area contributed by atoms with Crippen molar-refractivity contribution in [1.82, 2.24) is 19.5 Å². The van der Waals surface area contributed by atoms with Gasteiger partial charge in [-0.25, -0.2) is 9.97 Å². The summed E-state index contributed by atoms with van der Waals surface area (Å²) in [6.07, 6.45) is 8.47. The first-order valence-electron chi connectivity index (χ1n) is 8.30. The highest BCUT2D eigenvalue weighted by molar-refractivity contribution is 7.13. The van der Waals surface area contributed by atoms with Crippen molar-refractivity contribution in [2.45, 2.75) is 19.4 Å². The molecule has 0 unspecified atom stereocenters. The molecule has 3 aromatic heterocycles. The summed E-state index contributed by atoms with van der Waals surface area (Å²) in [5.41, 5.74) is 4.32. The fourth-order valence-corrected chi connectivity index (χ4v) is 3.81. The number of nitrogens with zero attached hydrogens (tertiary/aromatic N) is 4. The zero-order valence-corrected chi connectivity index (χ0v) is 14.7. The van der Waals surface area contributed by atoms with E-state index in [0.29, 0.717) is 0 Å². The third-order valence-corrected chi connectivity index (χ3v) is 5.05. The maximum atomic E-state index is 4.75. The molecule has 5 heteroatoms. The van der Waals surface area contributed by atoms with Crippen LogP contribution < -0.4 is 0 Å². The summed E-state index contributed by atoms with van der Waals surface area (Å²) in [4.78, 5) is 13.6. The SMILES string of the molecule is CC[C@@H](c1cccnc1)n1cnc(-c2ccccc2)c1-c1nccs1. The molecule has 0 saturated heterocycles. The van der Waals surface area contributed by atoms with Crippen LogP contribution in [0.25, 0.3) is 22.0 Å². The second-order valence-corrected chi connectivity index (χ2v) is 6.66. The van der Waals surface area contributed by atoms with Crippen molar-refractivity contribution in [3.05, 3.63) is 78.3 Å². The van der Waals surface area contributed by atoms with E-state index in [-0.39, 0.29) is 6.04 Å². The Morgan fingerprint density at radius 2 is 1.92 bits per heavy atom. The van der Waals surface area contributed by atoms with E-state index in [1.807, 2.05) is 48.4 Å². The van der Waals surface area contributed by atoms with Crippen LogP contribution >= 0.6 is 11.3 Å². The van der Waals surface area contributed by atoms with Crippen LogP contribution in [0.5, 0.6) is 0 Å². The molecule has 0 aliphatic rings. The summed E-state index contributed by atoms with van der Waals surface area (Å²) in [6.45, 7) is 2.19. The number of imidazole rings is 1. The number of benzene rings is 1. The molecular weight excluding hydrogens is 328 g/mol. The Kier molecular flexibility index (Phi) is 4.39. The van der Waals surface area contributed by atoms with Crippen molar-refractivity contribution >= 4 is 11.3 Å². The van der Waals surface area contributed by atoms with Crippen molar-refractivity contribution in [3.8, 4) is 22.0 Å². The lowest BCUT2D eigenvalue weighted by Gasteiger charge is -2.19. The van der Waals surface area contributed by atoms with Crippen LogP contribution in [0.2, 0.25) is 0 Å². The fraction of sp³-hybridized carbons (Fsp3) is 0.150. The van der Waals surface area contributed by atoms with Crippen LogP contribution in [-0.2, 0) is 0 Å². The van der Waals surface area contributed by atoms with E-state index in [1.165, 1.54) is 5.56 Å². The minimum atomic E-state index is 0.178. The number of hydrogen-bond donors (Lipinski definition) is 0. The topological polar surface area (TPSA) is 43.6 Å². The average Bonchev–Trinajstić information content (AvgIpc) is 3.34. The predicted octanol–water partition coefficient (Wildman–Crippen LogP) is 5.07. The van der Waals surface area contributed by atoms with Crippen molar-refractivity contribution in [3.63, 3.8) is 0 Å². The van der Waals surface area contributed by atoms with Gasteiger partial charge in [0.15, 0.2) is 0 Å². The van der Waals surface area contributed by atoms with Crippen LogP contribution in [0.4, 0.5) is 0 Å². The summed E-state index contributed by atoms with van der Waals surface area (Å²) in [5, 5.41) is 2.99. The number of hydrogen-bond acceptors (Lipinski definition) is 4. The van der Waals surface area contributed by atoms with Crippen LogP contribution in [0, 0.1) is 0 Å². The number of pyridine rings is 1. The Morgan fingerprint density at radius 3 is 2.60 bits per heavy atom. The van der Waals surface area contributed by atoms with Gasteiger partial charge in [-0.2, -0.15) is 0 Å². The van der Waals surface area contributed by atoms with Crippen LogP contribution in [-0.4, -0.2) is 19.5 Å². The van der Waals surface area contributed by atoms with Crippen molar-refractivity contribution in [2.24, 2.45) is 0 Å². The maximum absolute atomic E-state index is 4.75. The molecule has 4 aromatic rings. The lowest BCUT2D eigenvalue weighted by atomic mass is 10.1. The Morgan fingerprint density at radius 1 is 1.04 bits per heavy atom. The highest BCUT2D eigenvalue weighted by Gasteiger charge is 2.22. The molecule has 0 fully saturated rings. The van der Waals surface area contributed by atoms with Crippen molar-refractivity contribution < 1.29 is 0 Å². The van der Waals surface area contributed by atoms with Gasteiger partial charge in [-0.05, 0) is 18.1 Å². The van der Waals surface area contributed by atoms with Crippen LogP contribution in [0.3, 0.4) is 0 Å². The second kappa shape index (κ2) is 6.99. The summed E-state index contributed by atoms with van der Waals surface area (Å²) in [6, 6.07) is 14.6. The van der Waals surface area contributed by atoms with E-state index in [4.69, 9.17) is 4.98 Å². The molecule has 0 amide bonds. The average molecular weight is 346 g/mol. The predicted molar refractivity (Wildman–Crippen MR) is 101 cm³/mol. The molecule has 3 heterocycles. The van der Waals surface area contributed by atoms with E-state index in [0.717, 1.165) is 28.4 Å². The van der Waals surface area contributed by atoms with Gasteiger partial charge in [0.05, 0.1) is 18.1 Å². The van der Waals surface area contributed by atoms with Gasteiger partial charge in [-0.3, -0.25) is 4.98 Å². The van der Waals surface area contributed by atoms with Gasteiger partial charge in [-0.15, -0.1) is 11.3 Å². The zero-order valence-electron chi connectivity index (χ0n) is 13.9. The van der Waals surface area contributed by atoms with E-state index in [2.05, 4.69) is 39.7 Å². The van der Waals surface area contributed by atoms with Crippen LogP contribution in [0.15, 0.2) is 72.8 Å². The lowest BCUT2D eigenvalue weighted by Crippen LogP contribution is -2.10. The van der Waals surface area contributed by atoms with Gasteiger partial charge in [-0.1, -0.05) is 43.3 Å². The highest BCUT2D eigenvalue weighted by Crippen LogP contribution is 2.36. The molecule has 4 nitrogen and oxygen atoms in total. The molecule has 124 valence electrons. The highest BCUT2D eigenvalue weighted by atomic mass is 32.1. The summed E-state index contributed by atoms with van der Waals surface area (Å²) < 4.78 is 2.23. The first-order chi connectivity index (χ1) is 12.4. The smallest absolute Gasteiger partial charge is 0.142 e. The second-order valence-electron chi connectivity index (χ2n) is 5.76. The van der Waals surface area contributed by atoms with Crippen LogP contribution in [0.1, 0.15) is 24.9 Å². The quantitative estimate of drug-likeness (QED) is 0.507. The Balaban J connectivity index is 1.90. The molecule has 0 bridgehead atoms. The van der Waals surface area contributed by atoms with E-state index in [1.54, 1.807) is 17.5 Å². The Labute approximate surface area is 150 Å². The largest absolute Gasteiger partial charge is 0.320 e. The van der Waals surface area contributed by atoms with Gasteiger partial charge < -0.3 is 4.57 Å². The first kappa shape index (κ1) is 15.7. The molecule has 0 N–H and O–H groups in total. The first-order valence-corrected chi connectivity index (χ1v) is 9.18. The van der Waals surface area contributed by atoms with Gasteiger partial charge >= 0.3 is 0 Å². The monoisotopic (exact) mass is 346 g/mol. The van der Waals surface area contributed by atoms with Crippen molar-refractivity contribution in [2.75, 3.05) is 0 Å². The molecule has 4 rings (SSSR count). The number of aromatic nitrogens is 4. The molecule has 0 aliphatic carbocycles. The third kappa shape index (κ3) is 2.98. The van der Waals surface area contributed by atoms with Gasteiger partial charge in [0.1, 0.15) is 10.7 Å². The number of rotatable bonds is 5. The molecule has 0 aliphatic heterocycles. The summed E-state index contributed by atoms with van der Waals surface area (Å²) in [7, 11) is 0. The third-order valence-electron chi connectivity index (χ3n) is 4.27. The van der Waals surface area contributed by atoms with E-state index in [9.17, 15) is 0 Å². The standard InChI is InChI=1S/C20H18N4S/c1-2-17(16-9-6-10-21-13-16)24-14-23-18(15-7-4-3-5-8-15)19(24)20-22-11-12-25-20/h3-14,17H,2H2,1H3/t17-/m0/s1. The molecule has 0 spiro atoms.